The summed E-state index contributed by atoms with van der Waals surface area (Å²) in [7, 11) is -5.45. The molecule has 0 spiro atoms. The number of halogens is 4. The van der Waals surface area contributed by atoms with Crippen molar-refractivity contribution in [1.82, 2.24) is 0 Å². The van der Waals surface area contributed by atoms with E-state index >= 15 is 0 Å². The van der Waals surface area contributed by atoms with Gasteiger partial charge in [-0.1, -0.05) is 41.5 Å². The van der Waals surface area contributed by atoms with Gasteiger partial charge in [-0.05, 0) is 23.2 Å². The summed E-state index contributed by atoms with van der Waals surface area (Å²) in [6.07, 6.45) is 0.203. The number of rotatable bonds is 3. The van der Waals surface area contributed by atoms with Gasteiger partial charge in [-0.15, -0.1) is 0 Å². The van der Waals surface area contributed by atoms with Crippen LogP contribution in [0.25, 0.3) is 0 Å². The Hall–Kier alpha value is -1.15. The van der Waals surface area contributed by atoms with Crippen LogP contribution in [-0.2, 0) is 10.1 Å². The maximum atomic E-state index is 14.4. The summed E-state index contributed by atoms with van der Waals surface area (Å²) < 4.78 is 87.9. The standard InChI is InChI=1S/C16H22F4O3S/c1-15(2,3)7-8(16(4,5)6)9-10(17)12(19)14(24(21,22)23)13(20)11(9)18/h8H,7H2,1-6H3,(H,21,22,23). The monoisotopic (exact) mass is 370 g/mol. The second-order valence-corrected chi connectivity index (χ2v) is 9.52. The summed E-state index contributed by atoms with van der Waals surface area (Å²) in [4.78, 5) is -2.01. The fourth-order valence-corrected chi connectivity index (χ4v) is 3.25. The van der Waals surface area contributed by atoms with Gasteiger partial charge < -0.3 is 0 Å². The molecule has 1 N–H and O–H groups in total. The Balaban J connectivity index is 3.82. The maximum Gasteiger partial charge on any atom is 0.300 e. The molecule has 1 aromatic carbocycles. The van der Waals surface area contributed by atoms with Crippen molar-refractivity contribution in [3.8, 4) is 0 Å². The molecule has 0 saturated heterocycles. The topological polar surface area (TPSA) is 54.4 Å². The van der Waals surface area contributed by atoms with Gasteiger partial charge in [0.25, 0.3) is 0 Å². The molecule has 138 valence electrons. The first-order chi connectivity index (χ1) is 10.5. The molecule has 1 unspecified atom stereocenters. The number of hydrogen-bond acceptors (Lipinski definition) is 2. The Morgan fingerprint density at radius 2 is 1.25 bits per heavy atom. The largest absolute Gasteiger partial charge is 0.300 e. The van der Waals surface area contributed by atoms with Crippen LogP contribution >= 0.6 is 0 Å². The van der Waals surface area contributed by atoms with E-state index in [1.54, 1.807) is 41.5 Å². The van der Waals surface area contributed by atoms with E-state index in [1.165, 1.54) is 0 Å². The quantitative estimate of drug-likeness (QED) is 0.460. The lowest BCUT2D eigenvalue weighted by Crippen LogP contribution is -2.27. The second kappa shape index (κ2) is 6.29. The van der Waals surface area contributed by atoms with Gasteiger partial charge in [0.15, 0.2) is 28.2 Å². The van der Waals surface area contributed by atoms with Gasteiger partial charge in [0, 0.05) is 5.56 Å². The van der Waals surface area contributed by atoms with Crippen molar-refractivity contribution in [2.45, 2.75) is 58.8 Å². The van der Waals surface area contributed by atoms with Gasteiger partial charge in [-0.2, -0.15) is 8.42 Å². The van der Waals surface area contributed by atoms with E-state index in [-0.39, 0.29) is 6.42 Å². The van der Waals surface area contributed by atoms with Crippen LogP contribution in [-0.4, -0.2) is 13.0 Å². The van der Waals surface area contributed by atoms with Crippen molar-refractivity contribution >= 4 is 10.1 Å². The molecule has 0 aliphatic carbocycles. The lowest BCUT2D eigenvalue weighted by Gasteiger charge is -2.36. The lowest BCUT2D eigenvalue weighted by atomic mass is 9.69. The molecule has 1 rings (SSSR count). The Morgan fingerprint density at radius 3 is 1.50 bits per heavy atom. The van der Waals surface area contributed by atoms with Crippen LogP contribution in [0.5, 0.6) is 0 Å². The molecule has 0 aromatic heterocycles. The Kier molecular flexibility index (Phi) is 5.48. The molecule has 8 heteroatoms. The molecule has 0 heterocycles. The van der Waals surface area contributed by atoms with Crippen LogP contribution in [0.1, 0.15) is 59.4 Å². The highest BCUT2D eigenvalue weighted by Gasteiger charge is 2.39. The summed E-state index contributed by atoms with van der Waals surface area (Å²) in [6.45, 7) is 10.4. The molecule has 0 bridgehead atoms. The summed E-state index contributed by atoms with van der Waals surface area (Å²) in [5, 5.41) is 0. The molecule has 3 nitrogen and oxygen atoms in total. The van der Waals surface area contributed by atoms with E-state index in [1.807, 2.05) is 0 Å². The van der Waals surface area contributed by atoms with Gasteiger partial charge in [0.2, 0.25) is 0 Å². The van der Waals surface area contributed by atoms with Crippen LogP contribution in [0.3, 0.4) is 0 Å². The zero-order valence-corrected chi connectivity index (χ0v) is 15.3. The van der Waals surface area contributed by atoms with Crippen molar-refractivity contribution in [3.63, 3.8) is 0 Å². The van der Waals surface area contributed by atoms with Gasteiger partial charge in [-0.25, -0.2) is 17.6 Å². The Bertz CT molecular complexity index is 715. The third-order valence-electron chi connectivity index (χ3n) is 3.73. The molecule has 24 heavy (non-hydrogen) atoms. The van der Waals surface area contributed by atoms with Crippen molar-refractivity contribution in [1.29, 1.82) is 0 Å². The first kappa shape index (κ1) is 20.9. The SMILES string of the molecule is CC(C)(C)CC(c1c(F)c(F)c(S(=O)(=O)O)c(F)c1F)C(C)(C)C. The molecule has 0 fully saturated rings. The van der Waals surface area contributed by atoms with Crippen LogP contribution < -0.4 is 0 Å². The molecule has 0 aliphatic heterocycles. The summed E-state index contributed by atoms with van der Waals surface area (Å²) in [5.41, 5.74) is -2.02. The fourth-order valence-electron chi connectivity index (χ4n) is 2.61. The molecule has 0 saturated carbocycles. The second-order valence-electron chi connectivity index (χ2n) is 8.16. The first-order valence-corrected chi connectivity index (χ1v) is 8.76. The zero-order valence-electron chi connectivity index (χ0n) is 14.5. The zero-order chi connectivity index (χ0) is 19.2. The predicted octanol–water partition coefficient (Wildman–Crippen LogP) is 5.06. The van der Waals surface area contributed by atoms with E-state index in [0.29, 0.717) is 0 Å². The molecule has 0 amide bonds. The molecule has 1 aromatic rings. The Labute approximate surface area is 139 Å². The van der Waals surface area contributed by atoms with Gasteiger partial charge in [0.05, 0.1) is 0 Å². The van der Waals surface area contributed by atoms with E-state index in [4.69, 9.17) is 4.55 Å². The molecular weight excluding hydrogens is 348 g/mol. The van der Waals surface area contributed by atoms with Crippen LogP contribution in [0, 0.1) is 34.1 Å². The average molecular weight is 370 g/mol. The van der Waals surface area contributed by atoms with E-state index in [2.05, 4.69) is 0 Å². The fraction of sp³-hybridized carbons (Fsp3) is 0.625. The van der Waals surface area contributed by atoms with Crippen molar-refractivity contribution < 1.29 is 30.5 Å². The molecule has 0 aliphatic rings. The molecule has 1 atom stereocenters. The van der Waals surface area contributed by atoms with E-state index < -0.39 is 60.6 Å². The molecular formula is C16H22F4O3S. The minimum Gasteiger partial charge on any atom is -0.282 e. The summed E-state index contributed by atoms with van der Waals surface area (Å²) in [5.74, 6) is -8.75. The normalized spacial score (nSPS) is 14.8. The van der Waals surface area contributed by atoms with Crippen LogP contribution in [0.15, 0.2) is 4.90 Å². The van der Waals surface area contributed by atoms with E-state index in [0.717, 1.165) is 0 Å². The van der Waals surface area contributed by atoms with Crippen molar-refractivity contribution in [2.75, 3.05) is 0 Å². The minimum atomic E-state index is -5.45. The predicted molar refractivity (Wildman–Crippen MR) is 82.4 cm³/mol. The van der Waals surface area contributed by atoms with Gasteiger partial charge in [-0.3, -0.25) is 4.55 Å². The van der Waals surface area contributed by atoms with Crippen molar-refractivity contribution in [3.05, 3.63) is 28.8 Å². The highest BCUT2D eigenvalue weighted by Crippen LogP contribution is 2.46. The molecule has 0 radical (unpaired) electrons. The van der Waals surface area contributed by atoms with Crippen LogP contribution in [0.4, 0.5) is 17.6 Å². The highest BCUT2D eigenvalue weighted by molar-refractivity contribution is 7.85. The first-order valence-electron chi connectivity index (χ1n) is 7.32. The van der Waals surface area contributed by atoms with Gasteiger partial charge >= 0.3 is 10.1 Å². The van der Waals surface area contributed by atoms with Crippen molar-refractivity contribution in [2.24, 2.45) is 10.8 Å². The number of benzene rings is 1. The van der Waals surface area contributed by atoms with Gasteiger partial charge in [0.1, 0.15) is 0 Å². The smallest absolute Gasteiger partial charge is 0.282 e. The maximum absolute atomic E-state index is 14.4. The van der Waals surface area contributed by atoms with Crippen LogP contribution in [0.2, 0.25) is 0 Å². The summed E-state index contributed by atoms with van der Waals surface area (Å²) in [6, 6.07) is 0. The van der Waals surface area contributed by atoms with E-state index in [9.17, 15) is 26.0 Å². The Morgan fingerprint density at radius 1 is 0.875 bits per heavy atom. The third kappa shape index (κ3) is 4.27. The average Bonchev–Trinajstić information content (AvgIpc) is 2.31. The minimum absolute atomic E-state index is 0.203. The lowest BCUT2D eigenvalue weighted by molar-refractivity contribution is 0.215. The number of hydrogen-bond donors (Lipinski definition) is 1. The third-order valence-corrected chi connectivity index (χ3v) is 4.60. The summed E-state index contributed by atoms with van der Waals surface area (Å²) >= 11 is 0. The highest BCUT2D eigenvalue weighted by atomic mass is 32.2.